The molecule has 2 heterocycles. The fraction of sp³-hybridized carbons (Fsp3) is 0. The van der Waals surface area contributed by atoms with E-state index >= 15 is 0 Å². The summed E-state index contributed by atoms with van der Waals surface area (Å²) in [5.41, 5.74) is 1.77. The maximum atomic E-state index is 10.5. The van der Waals surface area contributed by atoms with E-state index in [0.29, 0.717) is 16.6 Å². The van der Waals surface area contributed by atoms with Crippen LogP contribution >= 0.6 is 0 Å². The number of rotatable bonds is 1. The predicted octanol–water partition coefficient (Wildman–Crippen LogP) is 1.02. The van der Waals surface area contributed by atoms with Gasteiger partial charge in [0, 0.05) is 6.20 Å². The summed E-state index contributed by atoms with van der Waals surface area (Å²) < 4.78 is 1.52. The topological polar surface area (TPSA) is 58.2 Å². The Kier molecular flexibility index (Phi) is 1.57. The number of nitriles is 1. The van der Waals surface area contributed by atoms with Crippen molar-refractivity contribution in [3.63, 3.8) is 0 Å². The number of carbonyl (C=O) groups excluding carboxylic acids is 1. The van der Waals surface area contributed by atoms with Gasteiger partial charge in [0.05, 0.1) is 22.8 Å². The molecule has 0 saturated carbocycles. The molecule has 0 fully saturated rings. The minimum atomic E-state index is 0.521. The first-order valence-electron chi connectivity index (χ1n) is 3.68. The van der Waals surface area contributed by atoms with Crippen molar-refractivity contribution < 1.29 is 4.79 Å². The van der Waals surface area contributed by atoms with Crippen molar-refractivity contribution in [1.82, 2.24) is 9.61 Å². The van der Waals surface area contributed by atoms with E-state index in [1.807, 2.05) is 6.07 Å². The van der Waals surface area contributed by atoms with Gasteiger partial charge in [-0.25, -0.2) is 4.52 Å². The molecule has 0 bridgehead atoms. The van der Waals surface area contributed by atoms with E-state index in [0.717, 1.165) is 6.29 Å². The predicted molar refractivity (Wildman–Crippen MR) is 45.3 cm³/mol. The summed E-state index contributed by atoms with van der Waals surface area (Å²) in [5, 5.41) is 12.5. The molecule has 4 nitrogen and oxygen atoms in total. The fourth-order valence-corrected chi connectivity index (χ4v) is 1.16. The molecule has 0 aromatic carbocycles. The van der Waals surface area contributed by atoms with Gasteiger partial charge in [0.2, 0.25) is 0 Å². The Balaban J connectivity index is 2.76. The van der Waals surface area contributed by atoms with Crippen LogP contribution in [0.1, 0.15) is 15.9 Å². The minimum absolute atomic E-state index is 0.521. The van der Waals surface area contributed by atoms with Crippen molar-refractivity contribution >= 4 is 11.8 Å². The molecule has 2 aromatic heterocycles. The first kappa shape index (κ1) is 7.50. The quantitative estimate of drug-likeness (QED) is 0.602. The third kappa shape index (κ3) is 1.07. The van der Waals surface area contributed by atoms with Crippen molar-refractivity contribution in [1.29, 1.82) is 5.26 Å². The molecule has 0 aliphatic carbocycles. The van der Waals surface area contributed by atoms with Gasteiger partial charge in [0.15, 0.2) is 6.29 Å². The van der Waals surface area contributed by atoms with Gasteiger partial charge in [-0.3, -0.25) is 4.79 Å². The molecule has 0 unspecified atom stereocenters. The molecular formula is C9H5N3O. The first-order valence-corrected chi connectivity index (χ1v) is 3.68. The van der Waals surface area contributed by atoms with E-state index in [2.05, 4.69) is 5.10 Å². The van der Waals surface area contributed by atoms with Gasteiger partial charge in [-0.1, -0.05) is 0 Å². The summed E-state index contributed by atoms with van der Waals surface area (Å²) in [4.78, 5) is 10.5. The molecule has 62 valence electrons. The van der Waals surface area contributed by atoms with Crippen LogP contribution in [-0.2, 0) is 0 Å². The molecule has 0 N–H and O–H groups in total. The number of fused-ring (bicyclic) bond motifs is 1. The van der Waals surface area contributed by atoms with Crippen LogP contribution in [-0.4, -0.2) is 15.9 Å². The zero-order valence-electron chi connectivity index (χ0n) is 6.64. The van der Waals surface area contributed by atoms with E-state index in [-0.39, 0.29) is 0 Å². The molecular weight excluding hydrogens is 166 g/mol. The number of carbonyl (C=O) groups is 1. The maximum absolute atomic E-state index is 10.5. The van der Waals surface area contributed by atoms with Crippen molar-refractivity contribution in [2.24, 2.45) is 0 Å². The Labute approximate surface area is 74.0 Å². The Hall–Kier alpha value is -2.15. The second-order valence-corrected chi connectivity index (χ2v) is 2.58. The van der Waals surface area contributed by atoms with Crippen molar-refractivity contribution in [2.75, 3.05) is 0 Å². The average Bonchev–Trinajstić information content (AvgIpc) is 2.59. The summed E-state index contributed by atoms with van der Waals surface area (Å²) in [5.74, 6) is 0. The zero-order valence-corrected chi connectivity index (χ0v) is 6.64. The second-order valence-electron chi connectivity index (χ2n) is 2.58. The largest absolute Gasteiger partial charge is 0.298 e. The summed E-state index contributed by atoms with van der Waals surface area (Å²) in [6, 6.07) is 5.36. The van der Waals surface area contributed by atoms with Gasteiger partial charge in [-0.15, -0.1) is 0 Å². The highest BCUT2D eigenvalue weighted by Crippen LogP contribution is 2.09. The summed E-state index contributed by atoms with van der Waals surface area (Å²) >= 11 is 0. The number of hydrogen-bond donors (Lipinski definition) is 0. The standard InChI is InChI=1S/C9H5N3O/c10-3-7-1-2-9-8(6-13)4-11-12(9)5-7/h1-2,4-6H. The molecule has 4 heteroatoms. The molecule has 0 aliphatic rings. The van der Waals surface area contributed by atoms with Crippen LogP contribution < -0.4 is 0 Å². The van der Waals surface area contributed by atoms with Gasteiger partial charge in [0.25, 0.3) is 0 Å². The van der Waals surface area contributed by atoms with Crippen LogP contribution in [0.4, 0.5) is 0 Å². The Morgan fingerprint density at radius 1 is 1.54 bits per heavy atom. The van der Waals surface area contributed by atoms with Crippen LogP contribution in [0.3, 0.4) is 0 Å². The van der Waals surface area contributed by atoms with E-state index in [1.165, 1.54) is 10.7 Å². The number of hydrogen-bond acceptors (Lipinski definition) is 3. The van der Waals surface area contributed by atoms with Gasteiger partial charge in [-0.05, 0) is 12.1 Å². The van der Waals surface area contributed by atoms with E-state index in [1.54, 1.807) is 18.3 Å². The molecule has 0 atom stereocenters. The molecule has 2 aromatic rings. The molecule has 0 amide bonds. The highest BCUT2D eigenvalue weighted by Gasteiger charge is 2.02. The lowest BCUT2D eigenvalue weighted by atomic mass is 10.2. The number of pyridine rings is 1. The first-order chi connectivity index (χ1) is 6.35. The molecule has 0 radical (unpaired) electrons. The molecule has 0 saturated heterocycles. The lowest BCUT2D eigenvalue weighted by Gasteiger charge is -1.92. The van der Waals surface area contributed by atoms with Crippen LogP contribution in [0.25, 0.3) is 5.52 Å². The third-order valence-corrected chi connectivity index (χ3v) is 1.80. The van der Waals surface area contributed by atoms with Crippen LogP contribution in [0.2, 0.25) is 0 Å². The van der Waals surface area contributed by atoms with Gasteiger partial charge in [-0.2, -0.15) is 10.4 Å². The highest BCUT2D eigenvalue weighted by molar-refractivity contribution is 5.85. The Morgan fingerprint density at radius 3 is 3.08 bits per heavy atom. The van der Waals surface area contributed by atoms with Gasteiger partial charge < -0.3 is 0 Å². The Bertz CT molecular complexity index is 507. The molecule has 0 spiro atoms. The van der Waals surface area contributed by atoms with Crippen LogP contribution in [0.5, 0.6) is 0 Å². The normalized spacial score (nSPS) is 9.77. The molecule has 0 aliphatic heterocycles. The van der Waals surface area contributed by atoms with Crippen LogP contribution in [0.15, 0.2) is 24.5 Å². The number of nitrogens with zero attached hydrogens (tertiary/aromatic N) is 3. The fourth-order valence-electron chi connectivity index (χ4n) is 1.16. The lowest BCUT2D eigenvalue weighted by Crippen LogP contribution is -1.88. The van der Waals surface area contributed by atoms with Crippen molar-refractivity contribution in [2.45, 2.75) is 0 Å². The zero-order chi connectivity index (χ0) is 9.26. The smallest absolute Gasteiger partial charge is 0.153 e. The average molecular weight is 171 g/mol. The highest BCUT2D eigenvalue weighted by atomic mass is 16.1. The van der Waals surface area contributed by atoms with E-state index < -0.39 is 0 Å². The molecule has 2 rings (SSSR count). The Morgan fingerprint density at radius 2 is 2.38 bits per heavy atom. The lowest BCUT2D eigenvalue weighted by molar-refractivity contribution is 0.112. The van der Waals surface area contributed by atoms with E-state index in [9.17, 15) is 4.79 Å². The third-order valence-electron chi connectivity index (χ3n) is 1.80. The van der Waals surface area contributed by atoms with E-state index in [4.69, 9.17) is 5.26 Å². The summed E-state index contributed by atoms with van der Waals surface area (Å²) in [6.45, 7) is 0. The maximum Gasteiger partial charge on any atom is 0.153 e. The monoisotopic (exact) mass is 171 g/mol. The number of aromatic nitrogens is 2. The van der Waals surface area contributed by atoms with Crippen LogP contribution in [0, 0.1) is 11.3 Å². The molecule has 13 heavy (non-hydrogen) atoms. The second kappa shape index (κ2) is 2.72. The summed E-state index contributed by atoms with van der Waals surface area (Å²) in [7, 11) is 0. The summed E-state index contributed by atoms with van der Waals surface area (Å²) in [6.07, 6.45) is 3.81. The van der Waals surface area contributed by atoms with Gasteiger partial charge in [0.1, 0.15) is 6.07 Å². The van der Waals surface area contributed by atoms with Crippen molar-refractivity contribution in [3.8, 4) is 6.07 Å². The number of aldehydes is 1. The SMILES string of the molecule is N#Cc1ccc2c(C=O)cnn2c1. The minimum Gasteiger partial charge on any atom is -0.298 e. The van der Waals surface area contributed by atoms with Crippen molar-refractivity contribution in [3.05, 3.63) is 35.7 Å². The van der Waals surface area contributed by atoms with Gasteiger partial charge >= 0.3 is 0 Å².